The van der Waals surface area contributed by atoms with Gasteiger partial charge in [-0.3, -0.25) is 4.57 Å². The number of benzene rings is 8. The third kappa shape index (κ3) is 3.60. The highest BCUT2D eigenvalue weighted by atomic mass is 15.2. The molecule has 4 heterocycles. The minimum Gasteiger partial charge on any atom is -0.307 e. The molecule has 0 bridgehead atoms. The highest BCUT2D eigenvalue weighted by molar-refractivity contribution is 6.32. The van der Waals surface area contributed by atoms with E-state index in [0.717, 1.165) is 44.0 Å². The van der Waals surface area contributed by atoms with Gasteiger partial charge in [0.05, 0.1) is 38.8 Å². The second-order valence-electron chi connectivity index (χ2n) is 13.7. The van der Waals surface area contributed by atoms with E-state index in [1.54, 1.807) is 0 Å². The first-order chi connectivity index (χ1) is 25.8. The van der Waals surface area contributed by atoms with Crippen LogP contribution in [0.5, 0.6) is 0 Å². The SMILES string of the molecule is c1ccc(-c2nc(-n3c4cccc5c6cccc7c8ccccc8n(c8c(-c9ccccc9)ccc3c8c54)c67)nc3c2ccc2ccccc23)cc1. The first-order valence-corrected chi connectivity index (χ1v) is 17.8. The van der Waals surface area contributed by atoms with Crippen LogP contribution in [0.15, 0.2) is 170 Å². The molecule has 12 aromatic rings. The lowest BCUT2D eigenvalue weighted by Gasteiger charge is -2.14. The number of rotatable bonds is 3. The first-order valence-electron chi connectivity index (χ1n) is 17.8. The minimum absolute atomic E-state index is 0.662. The smallest absolute Gasteiger partial charge is 0.235 e. The number of para-hydroxylation sites is 2. The van der Waals surface area contributed by atoms with Crippen molar-refractivity contribution in [1.29, 1.82) is 0 Å². The first kappa shape index (κ1) is 27.7. The molecule has 0 aliphatic heterocycles. The molecular formula is C48H28N4. The largest absolute Gasteiger partial charge is 0.307 e. The van der Waals surface area contributed by atoms with E-state index in [1.165, 1.54) is 60.0 Å². The van der Waals surface area contributed by atoms with Crippen molar-refractivity contribution in [3.63, 3.8) is 0 Å². The lowest BCUT2D eigenvalue weighted by atomic mass is 9.99. The maximum Gasteiger partial charge on any atom is 0.235 e. The van der Waals surface area contributed by atoms with Crippen LogP contribution in [0.4, 0.5) is 0 Å². The van der Waals surface area contributed by atoms with Gasteiger partial charge in [0, 0.05) is 48.8 Å². The van der Waals surface area contributed by atoms with Gasteiger partial charge in [-0.1, -0.05) is 146 Å². The van der Waals surface area contributed by atoms with Crippen molar-refractivity contribution >= 4 is 81.6 Å². The molecule has 0 unspecified atom stereocenters. The van der Waals surface area contributed by atoms with Gasteiger partial charge in [0.2, 0.25) is 5.95 Å². The maximum absolute atomic E-state index is 5.48. The van der Waals surface area contributed by atoms with Gasteiger partial charge in [0.1, 0.15) is 0 Å². The molecule has 0 saturated heterocycles. The third-order valence-corrected chi connectivity index (χ3v) is 11.1. The van der Waals surface area contributed by atoms with E-state index < -0.39 is 0 Å². The van der Waals surface area contributed by atoms with Crippen LogP contribution < -0.4 is 0 Å². The summed E-state index contributed by atoms with van der Waals surface area (Å²) in [6.45, 7) is 0. The van der Waals surface area contributed by atoms with E-state index in [9.17, 15) is 0 Å². The monoisotopic (exact) mass is 660 g/mol. The van der Waals surface area contributed by atoms with E-state index in [1.807, 2.05) is 0 Å². The van der Waals surface area contributed by atoms with Gasteiger partial charge < -0.3 is 4.40 Å². The van der Waals surface area contributed by atoms with Crippen molar-refractivity contribution in [2.75, 3.05) is 0 Å². The molecule has 0 atom stereocenters. The molecule has 0 fully saturated rings. The van der Waals surface area contributed by atoms with Gasteiger partial charge in [0.25, 0.3) is 0 Å². The summed E-state index contributed by atoms with van der Waals surface area (Å²) in [4.78, 5) is 11.0. The van der Waals surface area contributed by atoms with Crippen LogP contribution in [0.2, 0.25) is 0 Å². The number of fused-ring (bicyclic) bond motifs is 8. The molecule has 8 aromatic carbocycles. The highest BCUT2D eigenvalue weighted by Gasteiger charge is 2.25. The fraction of sp³-hybridized carbons (Fsp3) is 0. The Bertz CT molecular complexity index is 3390. The zero-order chi connectivity index (χ0) is 33.9. The predicted octanol–water partition coefficient (Wildman–Crippen LogP) is 12.4. The molecule has 0 saturated carbocycles. The predicted molar refractivity (Wildman–Crippen MR) is 217 cm³/mol. The van der Waals surface area contributed by atoms with Crippen LogP contribution in [-0.4, -0.2) is 18.9 Å². The van der Waals surface area contributed by atoms with Gasteiger partial charge >= 0.3 is 0 Å². The summed E-state index contributed by atoms with van der Waals surface area (Å²) in [5.74, 6) is 0.662. The second kappa shape index (κ2) is 10.3. The van der Waals surface area contributed by atoms with E-state index >= 15 is 0 Å². The quantitative estimate of drug-likeness (QED) is 0.177. The molecule has 4 nitrogen and oxygen atoms in total. The van der Waals surface area contributed by atoms with Gasteiger partial charge in [0.15, 0.2) is 0 Å². The van der Waals surface area contributed by atoms with Gasteiger partial charge in [-0.15, -0.1) is 0 Å². The Morgan fingerprint density at radius 2 is 1.00 bits per heavy atom. The summed E-state index contributed by atoms with van der Waals surface area (Å²) in [6.07, 6.45) is 0. The van der Waals surface area contributed by atoms with Crippen molar-refractivity contribution in [1.82, 2.24) is 18.9 Å². The molecule has 4 aromatic heterocycles. The number of nitrogens with zero attached hydrogens (tertiary/aromatic N) is 4. The fourth-order valence-corrected chi connectivity index (χ4v) is 8.89. The normalized spacial score (nSPS) is 12.2. The average Bonchev–Trinajstić information content (AvgIpc) is 3.69. The molecule has 52 heavy (non-hydrogen) atoms. The van der Waals surface area contributed by atoms with Crippen molar-refractivity contribution < 1.29 is 0 Å². The Hall–Kier alpha value is -7.04. The molecular weight excluding hydrogens is 633 g/mol. The molecule has 0 amide bonds. The Labute approximate surface area is 297 Å². The molecule has 0 N–H and O–H groups in total. The minimum atomic E-state index is 0.662. The van der Waals surface area contributed by atoms with Gasteiger partial charge in [-0.05, 0) is 40.6 Å². The Morgan fingerprint density at radius 1 is 0.365 bits per heavy atom. The zero-order valence-electron chi connectivity index (χ0n) is 28.0. The molecule has 4 heteroatoms. The second-order valence-corrected chi connectivity index (χ2v) is 13.7. The van der Waals surface area contributed by atoms with Crippen molar-refractivity contribution in [2.45, 2.75) is 0 Å². The van der Waals surface area contributed by atoms with Gasteiger partial charge in [-0.2, -0.15) is 0 Å². The standard InChI is InChI=1S/C48H28N4/c1-3-13-29(14-4-1)33-27-28-41-43-42-35(37-22-11-21-36-34-19-9-10-23-39(34)52(46(36)37)47(33)43)20-12-24-40(42)51(41)48-49-44(31-16-5-2-6-17-31)38-26-25-30-15-7-8-18-32(30)45(38)50-48/h1-28H. The number of aromatic nitrogens is 4. The summed E-state index contributed by atoms with van der Waals surface area (Å²) in [5, 5.41) is 10.7. The zero-order valence-corrected chi connectivity index (χ0v) is 28.0. The van der Waals surface area contributed by atoms with Crippen molar-refractivity contribution in [3.05, 3.63) is 170 Å². The lowest BCUT2D eigenvalue weighted by molar-refractivity contribution is 1.02. The Morgan fingerprint density at radius 3 is 1.85 bits per heavy atom. The number of hydrogen-bond donors (Lipinski definition) is 0. The average molecular weight is 661 g/mol. The number of hydrogen-bond acceptors (Lipinski definition) is 2. The van der Waals surface area contributed by atoms with E-state index in [-0.39, 0.29) is 0 Å². The highest BCUT2D eigenvalue weighted by Crippen LogP contribution is 2.46. The third-order valence-electron chi connectivity index (χ3n) is 11.1. The molecule has 12 rings (SSSR count). The van der Waals surface area contributed by atoms with E-state index in [4.69, 9.17) is 9.97 Å². The summed E-state index contributed by atoms with van der Waals surface area (Å²) in [5.41, 5.74) is 11.1. The maximum atomic E-state index is 5.48. The fourth-order valence-electron chi connectivity index (χ4n) is 8.89. The summed E-state index contributed by atoms with van der Waals surface area (Å²) in [6, 6.07) is 61.1. The summed E-state index contributed by atoms with van der Waals surface area (Å²) < 4.78 is 4.83. The Kier molecular flexibility index (Phi) is 5.47. The van der Waals surface area contributed by atoms with Crippen LogP contribution in [0.25, 0.3) is 110 Å². The molecule has 0 aliphatic rings. The summed E-state index contributed by atoms with van der Waals surface area (Å²) in [7, 11) is 0. The van der Waals surface area contributed by atoms with Gasteiger partial charge in [-0.25, -0.2) is 9.97 Å². The molecule has 0 radical (unpaired) electrons. The summed E-state index contributed by atoms with van der Waals surface area (Å²) >= 11 is 0. The Balaban J connectivity index is 1.34. The van der Waals surface area contributed by atoms with E-state index in [2.05, 4.69) is 179 Å². The molecule has 0 spiro atoms. The van der Waals surface area contributed by atoms with Crippen molar-refractivity contribution in [3.8, 4) is 28.3 Å². The van der Waals surface area contributed by atoms with Crippen LogP contribution in [0.1, 0.15) is 0 Å². The van der Waals surface area contributed by atoms with Crippen molar-refractivity contribution in [2.24, 2.45) is 0 Å². The molecule has 240 valence electrons. The van der Waals surface area contributed by atoms with Crippen LogP contribution in [-0.2, 0) is 0 Å². The van der Waals surface area contributed by atoms with Crippen LogP contribution >= 0.6 is 0 Å². The molecule has 0 aliphatic carbocycles. The van der Waals surface area contributed by atoms with E-state index in [0.29, 0.717) is 5.95 Å². The lowest BCUT2D eigenvalue weighted by Crippen LogP contribution is -2.04. The topological polar surface area (TPSA) is 35.1 Å². The van der Waals surface area contributed by atoms with Crippen LogP contribution in [0, 0.1) is 0 Å². The van der Waals surface area contributed by atoms with Crippen LogP contribution in [0.3, 0.4) is 0 Å².